The fraction of sp³-hybridized carbons (Fsp3) is 0.0556. The molecular weight excluding hydrogens is 302 g/mol. The first-order chi connectivity index (χ1) is 11.7. The standard InChI is InChI=1S/C18H15N5O/c1-12-2-7-16-15(10-12)17(22-21-16)18(24)20-13-3-5-14(6-4-13)23-9-8-19-11-23/h2-11H,1H3,(H,20,24)(H,21,22). The number of rotatable bonds is 3. The van der Waals surface area contributed by atoms with Crippen LogP contribution in [0.4, 0.5) is 5.69 Å². The van der Waals surface area contributed by atoms with Gasteiger partial charge in [0.05, 0.1) is 11.8 Å². The Labute approximate surface area is 138 Å². The van der Waals surface area contributed by atoms with Gasteiger partial charge in [-0.2, -0.15) is 5.10 Å². The van der Waals surface area contributed by atoms with E-state index in [1.54, 1.807) is 12.5 Å². The van der Waals surface area contributed by atoms with E-state index >= 15 is 0 Å². The fourth-order valence-corrected chi connectivity index (χ4v) is 2.62. The summed E-state index contributed by atoms with van der Waals surface area (Å²) in [6.07, 6.45) is 5.32. The van der Waals surface area contributed by atoms with Gasteiger partial charge in [-0.1, -0.05) is 11.6 Å². The van der Waals surface area contributed by atoms with Crippen molar-refractivity contribution in [1.82, 2.24) is 19.7 Å². The predicted molar refractivity (Wildman–Crippen MR) is 92.3 cm³/mol. The minimum absolute atomic E-state index is 0.234. The molecule has 4 aromatic rings. The van der Waals surface area contributed by atoms with Crippen LogP contribution in [0, 0.1) is 6.92 Å². The number of anilines is 1. The third-order valence-corrected chi connectivity index (χ3v) is 3.86. The highest BCUT2D eigenvalue weighted by Gasteiger charge is 2.14. The maximum atomic E-state index is 12.5. The van der Waals surface area contributed by atoms with Gasteiger partial charge in [-0.15, -0.1) is 0 Å². The highest BCUT2D eigenvalue weighted by Crippen LogP contribution is 2.19. The third kappa shape index (κ3) is 2.54. The van der Waals surface area contributed by atoms with Crippen LogP contribution in [0.2, 0.25) is 0 Å². The molecular formula is C18H15N5O. The van der Waals surface area contributed by atoms with Gasteiger partial charge >= 0.3 is 0 Å². The number of benzene rings is 2. The average Bonchev–Trinajstić information content (AvgIpc) is 3.24. The highest BCUT2D eigenvalue weighted by molar-refractivity contribution is 6.11. The number of carbonyl (C=O) groups excluding carboxylic acids is 1. The lowest BCUT2D eigenvalue weighted by molar-refractivity contribution is 0.102. The van der Waals surface area contributed by atoms with Crippen LogP contribution in [0.5, 0.6) is 0 Å². The number of aromatic nitrogens is 4. The van der Waals surface area contributed by atoms with Gasteiger partial charge in [-0.25, -0.2) is 4.98 Å². The summed E-state index contributed by atoms with van der Waals surface area (Å²) in [6.45, 7) is 1.99. The molecule has 0 aliphatic carbocycles. The van der Waals surface area contributed by atoms with Crippen LogP contribution in [-0.2, 0) is 0 Å². The van der Waals surface area contributed by atoms with Gasteiger partial charge in [0.25, 0.3) is 5.91 Å². The van der Waals surface area contributed by atoms with Crippen molar-refractivity contribution in [3.63, 3.8) is 0 Å². The third-order valence-electron chi connectivity index (χ3n) is 3.86. The first-order valence-electron chi connectivity index (χ1n) is 7.55. The summed E-state index contributed by atoms with van der Waals surface area (Å²) in [5.41, 5.74) is 4.02. The van der Waals surface area contributed by atoms with Crippen molar-refractivity contribution in [2.75, 3.05) is 5.32 Å². The summed E-state index contributed by atoms with van der Waals surface area (Å²) in [5, 5.41) is 10.7. The topological polar surface area (TPSA) is 75.6 Å². The van der Waals surface area contributed by atoms with Gasteiger partial charge in [-0.3, -0.25) is 9.89 Å². The molecule has 0 saturated carbocycles. The minimum Gasteiger partial charge on any atom is -0.321 e. The number of aryl methyl sites for hydroxylation is 1. The smallest absolute Gasteiger partial charge is 0.276 e. The van der Waals surface area contributed by atoms with Gasteiger partial charge in [0.2, 0.25) is 0 Å². The molecule has 2 heterocycles. The second-order valence-corrected chi connectivity index (χ2v) is 5.59. The molecule has 2 N–H and O–H groups in total. The lowest BCUT2D eigenvalue weighted by Gasteiger charge is -2.06. The predicted octanol–water partition coefficient (Wildman–Crippen LogP) is 3.31. The van der Waals surface area contributed by atoms with Gasteiger partial charge in [0.1, 0.15) is 0 Å². The Morgan fingerprint density at radius 1 is 1.17 bits per heavy atom. The molecule has 2 aromatic heterocycles. The van der Waals surface area contributed by atoms with Crippen molar-refractivity contribution >= 4 is 22.5 Å². The van der Waals surface area contributed by atoms with Crippen molar-refractivity contribution in [3.8, 4) is 5.69 Å². The lowest BCUT2D eigenvalue weighted by Crippen LogP contribution is -2.12. The Bertz CT molecular complexity index is 1000. The SMILES string of the molecule is Cc1ccc2[nH]nc(C(=O)Nc3ccc(-n4ccnc4)cc3)c2c1. The van der Waals surface area contributed by atoms with Crippen LogP contribution in [0.25, 0.3) is 16.6 Å². The number of carbonyl (C=O) groups is 1. The molecule has 0 aliphatic rings. The number of nitrogens with zero attached hydrogens (tertiary/aromatic N) is 3. The van der Waals surface area contributed by atoms with E-state index in [1.807, 2.05) is 60.2 Å². The van der Waals surface area contributed by atoms with Crippen molar-refractivity contribution in [2.45, 2.75) is 6.92 Å². The zero-order valence-electron chi connectivity index (χ0n) is 13.0. The van der Waals surface area contributed by atoms with Crippen LogP contribution in [-0.4, -0.2) is 25.7 Å². The molecule has 0 unspecified atom stereocenters. The second-order valence-electron chi connectivity index (χ2n) is 5.59. The second kappa shape index (κ2) is 5.66. The molecule has 0 radical (unpaired) electrons. The largest absolute Gasteiger partial charge is 0.321 e. The zero-order valence-corrected chi connectivity index (χ0v) is 13.0. The van der Waals surface area contributed by atoms with Crippen LogP contribution in [0.1, 0.15) is 16.1 Å². The van der Waals surface area contributed by atoms with Crippen LogP contribution < -0.4 is 5.32 Å². The molecule has 0 saturated heterocycles. The molecule has 1 amide bonds. The molecule has 0 atom stereocenters. The van der Waals surface area contributed by atoms with E-state index in [-0.39, 0.29) is 5.91 Å². The molecule has 4 rings (SSSR count). The van der Waals surface area contributed by atoms with Crippen molar-refractivity contribution in [2.24, 2.45) is 0 Å². The first kappa shape index (κ1) is 14.2. The molecule has 2 aromatic carbocycles. The first-order valence-corrected chi connectivity index (χ1v) is 7.55. The monoisotopic (exact) mass is 317 g/mol. The van der Waals surface area contributed by atoms with Crippen LogP contribution in [0.15, 0.2) is 61.2 Å². The highest BCUT2D eigenvalue weighted by atomic mass is 16.1. The normalized spacial score (nSPS) is 10.9. The average molecular weight is 317 g/mol. The summed E-state index contributed by atoms with van der Waals surface area (Å²) < 4.78 is 1.90. The Morgan fingerprint density at radius 3 is 2.75 bits per heavy atom. The van der Waals surface area contributed by atoms with Gasteiger partial charge < -0.3 is 9.88 Å². The Balaban J connectivity index is 1.58. The molecule has 6 nitrogen and oxygen atoms in total. The van der Waals surface area contributed by atoms with Crippen molar-refractivity contribution < 1.29 is 4.79 Å². The molecule has 0 spiro atoms. The number of hydrogen-bond donors (Lipinski definition) is 2. The van der Waals surface area contributed by atoms with Gasteiger partial charge in [0.15, 0.2) is 5.69 Å². The lowest BCUT2D eigenvalue weighted by atomic mass is 10.1. The summed E-state index contributed by atoms with van der Waals surface area (Å²) in [6, 6.07) is 13.4. The number of aromatic amines is 1. The van der Waals surface area contributed by atoms with E-state index < -0.39 is 0 Å². The van der Waals surface area contributed by atoms with E-state index in [4.69, 9.17) is 0 Å². The number of imidazole rings is 1. The Kier molecular flexibility index (Phi) is 3.35. The molecule has 0 aliphatic heterocycles. The maximum Gasteiger partial charge on any atom is 0.276 e. The summed E-state index contributed by atoms with van der Waals surface area (Å²) in [7, 11) is 0. The number of nitrogens with one attached hydrogen (secondary N) is 2. The van der Waals surface area contributed by atoms with Crippen LogP contribution >= 0.6 is 0 Å². The number of fused-ring (bicyclic) bond motifs is 1. The van der Waals surface area contributed by atoms with Crippen molar-refractivity contribution in [1.29, 1.82) is 0 Å². The molecule has 6 heteroatoms. The zero-order chi connectivity index (χ0) is 16.5. The van der Waals surface area contributed by atoms with E-state index in [0.29, 0.717) is 11.4 Å². The molecule has 0 fully saturated rings. The number of H-pyrrole nitrogens is 1. The van der Waals surface area contributed by atoms with E-state index in [9.17, 15) is 4.79 Å². The maximum absolute atomic E-state index is 12.5. The summed E-state index contributed by atoms with van der Waals surface area (Å²) in [4.78, 5) is 16.5. The molecule has 24 heavy (non-hydrogen) atoms. The van der Waals surface area contributed by atoms with E-state index in [0.717, 1.165) is 22.2 Å². The van der Waals surface area contributed by atoms with Gasteiger partial charge in [-0.05, 0) is 43.3 Å². The van der Waals surface area contributed by atoms with Gasteiger partial charge in [0, 0.05) is 29.2 Å². The van der Waals surface area contributed by atoms with Crippen LogP contribution in [0.3, 0.4) is 0 Å². The Hall–Kier alpha value is -3.41. The molecule has 118 valence electrons. The number of amides is 1. The Morgan fingerprint density at radius 2 is 2.00 bits per heavy atom. The van der Waals surface area contributed by atoms with Crippen molar-refractivity contribution in [3.05, 3.63) is 72.4 Å². The quantitative estimate of drug-likeness (QED) is 0.608. The van der Waals surface area contributed by atoms with E-state index in [1.165, 1.54) is 0 Å². The fourth-order valence-electron chi connectivity index (χ4n) is 2.62. The summed E-state index contributed by atoms with van der Waals surface area (Å²) in [5.74, 6) is -0.234. The molecule has 0 bridgehead atoms. The van der Waals surface area contributed by atoms with E-state index in [2.05, 4.69) is 20.5 Å². The minimum atomic E-state index is -0.234. The summed E-state index contributed by atoms with van der Waals surface area (Å²) >= 11 is 0. The number of hydrogen-bond acceptors (Lipinski definition) is 3.